The summed E-state index contributed by atoms with van der Waals surface area (Å²) in [6, 6.07) is 4.07. The minimum atomic E-state index is -0.373. The Labute approximate surface area is 147 Å². The number of nitrogens with zero attached hydrogens (tertiary/aromatic N) is 2. The van der Waals surface area contributed by atoms with E-state index in [1.165, 1.54) is 31.0 Å². The van der Waals surface area contributed by atoms with E-state index in [0.717, 1.165) is 30.0 Å². The Balaban J connectivity index is 1.67. The fourth-order valence-corrected chi connectivity index (χ4v) is 4.59. The minimum Gasteiger partial charge on any atom is -0.353 e. The lowest BCUT2D eigenvalue weighted by molar-refractivity contribution is -0.125. The molecule has 2 amide bonds. The molecule has 0 spiro atoms. The Morgan fingerprint density at radius 1 is 1.38 bits per heavy atom. The Kier molecular flexibility index (Phi) is 5.76. The van der Waals surface area contributed by atoms with E-state index in [1.807, 2.05) is 12.1 Å². The molecule has 1 aromatic rings. The quantitative estimate of drug-likeness (QED) is 0.889. The van der Waals surface area contributed by atoms with Crippen LogP contribution in [0.1, 0.15) is 51.9 Å². The summed E-state index contributed by atoms with van der Waals surface area (Å²) in [5, 5.41) is 3.59. The van der Waals surface area contributed by atoms with Crippen LogP contribution in [0.3, 0.4) is 0 Å². The van der Waals surface area contributed by atoms with Crippen molar-refractivity contribution in [2.24, 2.45) is 0 Å². The summed E-state index contributed by atoms with van der Waals surface area (Å²) in [4.78, 5) is 31.4. The van der Waals surface area contributed by atoms with E-state index in [4.69, 9.17) is 0 Å². The first kappa shape index (κ1) is 17.3. The van der Waals surface area contributed by atoms with Crippen molar-refractivity contribution in [2.45, 2.75) is 68.2 Å². The molecule has 0 saturated heterocycles. The van der Waals surface area contributed by atoms with Crippen molar-refractivity contribution in [3.63, 3.8) is 0 Å². The van der Waals surface area contributed by atoms with Crippen molar-refractivity contribution in [3.8, 4) is 0 Å². The highest BCUT2D eigenvalue weighted by atomic mass is 32.2. The number of fused-ring (bicyclic) bond motifs is 1. The summed E-state index contributed by atoms with van der Waals surface area (Å²) in [6.45, 7) is 2.72. The van der Waals surface area contributed by atoms with E-state index in [-0.39, 0.29) is 29.5 Å². The lowest BCUT2D eigenvalue weighted by Gasteiger charge is -2.33. The van der Waals surface area contributed by atoms with Crippen LogP contribution >= 0.6 is 11.8 Å². The molecular formula is C18H25N3O2S. The summed E-state index contributed by atoms with van der Waals surface area (Å²) in [6.07, 6.45) is 8.60. The number of pyridine rings is 1. The molecule has 2 aliphatic rings. The second-order valence-corrected chi connectivity index (χ2v) is 7.72. The molecule has 130 valence electrons. The summed E-state index contributed by atoms with van der Waals surface area (Å²) in [5.41, 5.74) is 0.873. The molecule has 0 bridgehead atoms. The topological polar surface area (TPSA) is 62.3 Å². The Bertz CT molecular complexity index is 602. The number of amides is 2. The molecule has 1 aromatic heterocycles. The van der Waals surface area contributed by atoms with Gasteiger partial charge in [-0.25, -0.2) is 4.98 Å². The van der Waals surface area contributed by atoms with Gasteiger partial charge >= 0.3 is 0 Å². The first-order valence-electron chi connectivity index (χ1n) is 8.91. The van der Waals surface area contributed by atoms with Crippen molar-refractivity contribution in [2.75, 3.05) is 11.4 Å². The fraction of sp³-hybridized carbons (Fsp3) is 0.611. The number of aromatic nitrogens is 1. The minimum absolute atomic E-state index is 0.0106. The molecule has 2 heterocycles. The molecule has 3 rings (SSSR count). The lowest BCUT2D eigenvalue weighted by atomic mass is 9.95. The van der Waals surface area contributed by atoms with Gasteiger partial charge in [0.1, 0.15) is 5.03 Å². The third kappa shape index (κ3) is 3.91. The zero-order chi connectivity index (χ0) is 16.9. The van der Waals surface area contributed by atoms with Crippen molar-refractivity contribution < 1.29 is 9.59 Å². The highest BCUT2D eigenvalue weighted by molar-refractivity contribution is 8.00. The van der Waals surface area contributed by atoms with Gasteiger partial charge in [-0.05, 0) is 31.4 Å². The second-order valence-electron chi connectivity index (χ2n) is 6.53. The van der Waals surface area contributed by atoms with Crippen LogP contribution in [0.2, 0.25) is 0 Å². The number of carbonyl (C=O) groups excluding carboxylic acids is 2. The second kappa shape index (κ2) is 8.01. The number of rotatable bonds is 5. The molecule has 0 unspecified atom stereocenters. The van der Waals surface area contributed by atoms with Gasteiger partial charge < -0.3 is 10.2 Å². The number of anilines is 1. The van der Waals surface area contributed by atoms with Crippen LogP contribution < -0.4 is 10.2 Å². The maximum Gasteiger partial charge on any atom is 0.241 e. The number of thioether (sulfide) groups is 1. The molecule has 1 saturated carbocycles. The van der Waals surface area contributed by atoms with Gasteiger partial charge in [-0.3, -0.25) is 9.59 Å². The van der Waals surface area contributed by atoms with Crippen molar-refractivity contribution in [1.29, 1.82) is 0 Å². The molecule has 1 fully saturated rings. The zero-order valence-electron chi connectivity index (χ0n) is 14.2. The van der Waals surface area contributed by atoms with Gasteiger partial charge in [0.25, 0.3) is 0 Å². The highest BCUT2D eigenvalue weighted by Crippen LogP contribution is 2.38. The van der Waals surface area contributed by atoms with Gasteiger partial charge in [0.2, 0.25) is 11.8 Å². The molecule has 1 aliphatic carbocycles. The van der Waals surface area contributed by atoms with E-state index >= 15 is 0 Å². The number of hydrogen-bond acceptors (Lipinski definition) is 4. The normalized spacial score (nSPS) is 21.5. The average Bonchev–Trinajstić information content (AvgIpc) is 2.59. The first-order valence-corrected chi connectivity index (χ1v) is 9.79. The molecule has 1 atom stereocenters. The molecule has 24 heavy (non-hydrogen) atoms. The Morgan fingerprint density at radius 3 is 2.92 bits per heavy atom. The SMILES string of the molecule is CCCN1C(=O)[C@@H](CC(=O)NC2CCCCC2)Sc2ncccc21. The molecule has 0 radical (unpaired) electrons. The molecular weight excluding hydrogens is 322 g/mol. The molecule has 0 aromatic carbocycles. The van der Waals surface area contributed by atoms with Crippen LogP contribution in [0.25, 0.3) is 0 Å². The predicted octanol–water partition coefficient (Wildman–Crippen LogP) is 3.14. The maximum absolute atomic E-state index is 12.8. The third-order valence-corrected chi connectivity index (χ3v) is 5.82. The summed E-state index contributed by atoms with van der Waals surface area (Å²) >= 11 is 1.42. The molecule has 6 heteroatoms. The average molecular weight is 347 g/mol. The van der Waals surface area contributed by atoms with E-state index in [9.17, 15) is 9.59 Å². The van der Waals surface area contributed by atoms with E-state index in [0.29, 0.717) is 6.54 Å². The molecule has 5 nitrogen and oxygen atoms in total. The van der Waals surface area contributed by atoms with Crippen LogP contribution in [0.5, 0.6) is 0 Å². The summed E-state index contributed by atoms with van der Waals surface area (Å²) in [7, 11) is 0. The number of nitrogens with one attached hydrogen (secondary N) is 1. The van der Waals surface area contributed by atoms with Gasteiger partial charge in [0.15, 0.2) is 0 Å². The van der Waals surface area contributed by atoms with Gasteiger partial charge in [0, 0.05) is 25.2 Å². The van der Waals surface area contributed by atoms with Crippen LogP contribution in [-0.2, 0) is 9.59 Å². The predicted molar refractivity (Wildman–Crippen MR) is 96.2 cm³/mol. The standard InChI is InChI=1S/C18H25N3O2S/c1-2-11-21-14-9-6-10-19-17(14)24-15(18(21)23)12-16(22)20-13-7-4-3-5-8-13/h6,9-10,13,15H,2-5,7-8,11-12H2,1H3,(H,20,22)/t15-/m1/s1. The van der Waals surface area contributed by atoms with Crippen LogP contribution in [0, 0.1) is 0 Å². The maximum atomic E-state index is 12.8. The number of hydrogen-bond donors (Lipinski definition) is 1. The van der Waals surface area contributed by atoms with E-state index in [2.05, 4.69) is 17.2 Å². The van der Waals surface area contributed by atoms with Gasteiger partial charge in [-0.15, -0.1) is 0 Å². The Morgan fingerprint density at radius 2 is 2.17 bits per heavy atom. The van der Waals surface area contributed by atoms with E-state index < -0.39 is 0 Å². The summed E-state index contributed by atoms with van der Waals surface area (Å²) in [5.74, 6) is 0.0183. The van der Waals surface area contributed by atoms with E-state index in [1.54, 1.807) is 11.1 Å². The smallest absolute Gasteiger partial charge is 0.241 e. The van der Waals surface area contributed by atoms with Crippen molar-refractivity contribution in [3.05, 3.63) is 18.3 Å². The lowest BCUT2D eigenvalue weighted by Crippen LogP contribution is -2.45. The Hall–Kier alpha value is -1.56. The third-order valence-electron chi connectivity index (χ3n) is 4.63. The fourth-order valence-electron chi connectivity index (χ4n) is 3.44. The number of carbonyl (C=O) groups is 2. The van der Waals surface area contributed by atoms with Gasteiger partial charge in [0.05, 0.1) is 10.9 Å². The van der Waals surface area contributed by atoms with Crippen molar-refractivity contribution >= 4 is 29.3 Å². The molecule has 1 aliphatic heterocycles. The first-order chi connectivity index (χ1) is 11.7. The van der Waals surface area contributed by atoms with Crippen molar-refractivity contribution in [1.82, 2.24) is 10.3 Å². The van der Waals surface area contributed by atoms with Gasteiger partial charge in [-0.2, -0.15) is 0 Å². The van der Waals surface area contributed by atoms with Crippen LogP contribution in [-0.4, -0.2) is 34.6 Å². The largest absolute Gasteiger partial charge is 0.353 e. The zero-order valence-corrected chi connectivity index (χ0v) is 15.0. The monoisotopic (exact) mass is 347 g/mol. The molecule has 1 N–H and O–H groups in total. The van der Waals surface area contributed by atoms with Crippen LogP contribution in [0.15, 0.2) is 23.4 Å². The summed E-state index contributed by atoms with van der Waals surface area (Å²) < 4.78 is 0. The van der Waals surface area contributed by atoms with Crippen LogP contribution in [0.4, 0.5) is 5.69 Å². The highest BCUT2D eigenvalue weighted by Gasteiger charge is 2.35. The van der Waals surface area contributed by atoms with Gasteiger partial charge in [-0.1, -0.05) is 37.9 Å².